The van der Waals surface area contributed by atoms with E-state index in [2.05, 4.69) is 53.7 Å². The summed E-state index contributed by atoms with van der Waals surface area (Å²) in [6.07, 6.45) is -0.0891. The van der Waals surface area contributed by atoms with Gasteiger partial charge >= 0.3 is 0 Å². The molecule has 23 heavy (non-hydrogen) atoms. The van der Waals surface area contributed by atoms with Crippen LogP contribution >= 0.6 is 0 Å². The van der Waals surface area contributed by atoms with Gasteiger partial charge < -0.3 is 4.84 Å². The summed E-state index contributed by atoms with van der Waals surface area (Å²) in [6.45, 7) is 0. The molecular weight excluding hydrogens is 282 g/mol. The predicted molar refractivity (Wildman–Crippen MR) is 92.4 cm³/mol. The quantitative estimate of drug-likeness (QED) is 0.671. The highest BCUT2D eigenvalue weighted by Gasteiger charge is 2.37. The molecule has 2 nitrogen and oxygen atoms in total. The third-order valence-electron chi connectivity index (χ3n) is 4.22. The molecule has 1 aliphatic rings. The summed E-state index contributed by atoms with van der Waals surface area (Å²) in [5.41, 5.74) is 4.47. The van der Waals surface area contributed by atoms with Crippen molar-refractivity contribution in [3.05, 3.63) is 108 Å². The Kier molecular flexibility index (Phi) is 3.65. The highest BCUT2D eigenvalue weighted by atomic mass is 16.6. The van der Waals surface area contributed by atoms with E-state index in [1.165, 1.54) is 5.56 Å². The van der Waals surface area contributed by atoms with Crippen LogP contribution in [0, 0.1) is 0 Å². The zero-order valence-electron chi connectivity index (χ0n) is 12.7. The molecule has 0 bridgehead atoms. The lowest BCUT2D eigenvalue weighted by atomic mass is 9.83. The number of hydrogen-bond donors (Lipinski definition) is 0. The van der Waals surface area contributed by atoms with Crippen molar-refractivity contribution in [2.45, 2.75) is 12.0 Å². The molecule has 0 aromatic heterocycles. The summed E-state index contributed by atoms with van der Waals surface area (Å²) in [5.74, 6) is 0.0981. The summed E-state index contributed by atoms with van der Waals surface area (Å²) in [7, 11) is 0. The highest BCUT2D eigenvalue weighted by molar-refractivity contribution is 6.06. The topological polar surface area (TPSA) is 21.6 Å². The highest BCUT2D eigenvalue weighted by Crippen LogP contribution is 2.41. The molecule has 2 atom stereocenters. The molecule has 1 heterocycles. The Bertz CT molecular complexity index is 797. The average Bonchev–Trinajstić information content (AvgIpc) is 3.09. The number of nitrogens with zero attached hydrogens (tertiary/aromatic N) is 1. The van der Waals surface area contributed by atoms with Crippen LogP contribution in [0.25, 0.3) is 0 Å². The predicted octanol–water partition coefficient (Wildman–Crippen LogP) is 4.95. The van der Waals surface area contributed by atoms with Gasteiger partial charge in [0.15, 0.2) is 6.10 Å². The van der Waals surface area contributed by atoms with Crippen molar-refractivity contribution in [2.75, 3.05) is 0 Å². The molecule has 0 unspecified atom stereocenters. The van der Waals surface area contributed by atoms with Crippen molar-refractivity contribution in [1.29, 1.82) is 0 Å². The van der Waals surface area contributed by atoms with E-state index in [-0.39, 0.29) is 12.0 Å². The van der Waals surface area contributed by atoms with Crippen molar-refractivity contribution >= 4 is 5.71 Å². The first-order chi connectivity index (χ1) is 11.4. The Balaban J connectivity index is 1.79. The molecule has 0 fully saturated rings. The molecular formula is C21H17NO. The Hall–Kier alpha value is -2.87. The van der Waals surface area contributed by atoms with Crippen molar-refractivity contribution in [3.63, 3.8) is 0 Å². The van der Waals surface area contributed by atoms with Gasteiger partial charge in [0.25, 0.3) is 0 Å². The molecule has 2 heteroatoms. The Morgan fingerprint density at radius 2 is 1.13 bits per heavy atom. The van der Waals surface area contributed by atoms with E-state index >= 15 is 0 Å². The third-order valence-corrected chi connectivity index (χ3v) is 4.22. The average molecular weight is 299 g/mol. The van der Waals surface area contributed by atoms with Crippen LogP contribution in [0.2, 0.25) is 0 Å². The van der Waals surface area contributed by atoms with Crippen LogP contribution in [0.1, 0.15) is 28.7 Å². The minimum absolute atomic E-state index is 0.0891. The first-order valence-corrected chi connectivity index (χ1v) is 7.82. The molecule has 0 saturated carbocycles. The van der Waals surface area contributed by atoms with Crippen molar-refractivity contribution in [1.82, 2.24) is 0 Å². The van der Waals surface area contributed by atoms with E-state index in [4.69, 9.17) is 4.84 Å². The van der Waals surface area contributed by atoms with Gasteiger partial charge in [0.1, 0.15) is 0 Å². The Labute approximate surface area is 136 Å². The van der Waals surface area contributed by atoms with Crippen molar-refractivity contribution < 1.29 is 4.84 Å². The second kappa shape index (κ2) is 6.09. The Morgan fingerprint density at radius 3 is 1.74 bits per heavy atom. The van der Waals surface area contributed by atoms with Gasteiger partial charge in [0.2, 0.25) is 0 Å². The first-order valence-electron chi connectivity index (χ1n) is 7.82. The van der Waals surface area contributed by atoms with Gasteiger partial charge in [0.05, 0.1) is 11.6 Å². The lowest BCUT2D eigenvalue weighted by Crippen LogP contribution is -2.16. The molecule has 1 aliphatic heterocycles. The van der Waals surface area contributed by atoms with Crippen LogP contribution in [0.5, 0.6) is 0 Å². The summed E-state index contributed by atoms with van der Waals surface area (Å²) >= 11 is 0. The van der Waals surface area contributed by atoms with Gasteiger partial charge in [-0.3, -0.25) is 0 Å². The number of rotatable bonds is 3. The SMILES string of the molecule is c1ccc(C2=NO[C@@H](c3ccccc3)[C@@H]2c2ccccc2)cc1. The van der Waals surface area contributed by atoms with Crippen LogP contribution in [-0.4, -0.2) is 5.71 Å². The monoisotopic (exact) mass is 299 g/mol. The van der Waals surface area contributed by atoms with Crippen LogP contribution in [0.3, 0.4) is 0 Å². The minimum Gasteiger partial charge on any atom is -0.386 e. The van der Waals surface area contributed by atoms with Crippen LogP contribution in [0.4, 0.5) is 0 Å². The van der Waals surface area contributed by atoms with Gasteiger partial charge in [-0.1, -0.05) is 96.2 Å². The van der Waals surface area contributed by atoms with Gasteiger partial charge in [-0.05, 0) is 11.1 Å². The van der Waals surface area contributed by atoms with Gasteiger partial charge in [-0.2, -0.15) is 0 Å². The van der Waals surface area contributed by atoms with Crippen LogP contribution in [0.15, 0.2) is 96.2 Å². The van der Waals surface area contributed by atoms with E-state index in [0.29, 0.717) is 0 Å². The maximum atomic E-state index is 5.86. The van der Waals surface area contributed by atoms with E-state index in [9.17, 15) is 0 Å². The molecule has 0 saturated heterocycles. The molecule has 0 radical (unpaired) electrons. The second-order valence-corrected chi connectivity index (χ2v) is 5.67. The lowest BCUT2D eigenvalue weighted by Gasteiger charge is -2.20. The number of benzene rings is 3. The number of oxime groups is 1. The van der Waals surface area contributed by atoms with Crippen LogP contribution in [-0.2, 0) is 4.84 Å². The van der Waals surface area contributed by atoms with E-state index in [0.717, 1.165) is 16.8 Å². The van der Waals surface area contributed by atoms with Gasteiger partial charge in [-0.25, -0.2) is 0 Å². The van der Waals surface area contributed by atoms with Crippen LogP contribution < -0.4 is 0 Å². The second-order valence-electron chi connectivity index (χ2n) is 5.67. The maximum absolute atomic E-state index is 5.86. The van der Waals surface area contributed by atoms with Gasteiger partial charge in [0, 0.05) is 5.56 Å². The first kappa shape index (κ1) is 13.8. The molecule has 3 aromatic rings. The molecule has 0 amide bonds. The normalized spacial score (nSPS) is 19.9. The smallest absolute Gasteiger partial charge is 0.165 e. The minimum atomic E-state index is -0.0891. The fourth-order valence-corrected chi connectivity index (χ4v) is 3.10. The zero-order valence-corrected chi connectivity index (χ0v) is 12.7. The molecule has 0 aliphatic carbocycles. The standard InChI is InChI=1S/C21H17NO/c1-4-10-16(11-5-1)19-20(17-12-6-2-7-13-17)22-23-21(19)18-14-8-3-9-15-18/h1-15,19,21H/t19-,21+/m1/s1. The van der Waals surface area contributed by atoms with Gasteiger partial charge in [-0.15, -0.1) is 0 Å². The summed E-state index contributed by atoms with van der Waals surface area (Å²) in [5, 5.41) is 4.44. The molecule has 0 spiro atoms. The third kappa shape index (κ3) is 2.64. The lowest BCUT2D eigenvalue weighted by molar-refractivity contribution is 0.0763. The van der Waals surface area contributed by atoms with Crippen molar-refractivity contribution in [2.24, 2.45) is 5.16 Å². The van der Waals surface area contributed by atoms with E-state index in [1.807, 2.05) is 42.5 Å². The van der Waals surface area contributed by atoms with E-state index < -0.39 is 0 Å². The molecule has 3 aromatic carbocycles. The number of hydrogen-bond acceptors (Lipinski definition) is 2. The summed E-state index contributed by atoms with van der Waals surface area (Å²) in [4.78, 5) is 5.86. The maximum Gasteiger partial charge on any atom is 0.165 e. The Morgan fingerprint density at radius 1 is 0.609 bits per heavy atom. The fraction of sp³-hybridized carbons (Fsp3) is 0.0952. The molecule has 4 rings (SSSR count). The summed E-state index contributed by atoms with van der Waals surface area (Å²) in [6, 6.07) is 31.1. The zero-order chi connectivity index (χ0) is 15.5. The largest absolute Gasteiger partial charge is 0.386 e. The molecule has 0 N–H and O–H groups in total. The molecule has 112 valence electrons. The fourth-order valence-electron chi connectivity index (χ4n) is 3.10. The van der Waals surface area contributed by atoms with E-state index in [1.54, 1.807) is 0 Å². The summed E-state index contributed by atoms with van der Waals surface area (Å²) < 4.78 is 0. The van der Waals surface area contributed by atoms with Crippen molar-refractivity contribution in [3.8, 4) is 0 Å².